The molecule has 1 aliphatic carbocycles. The van der Waals surface area contributed by atoms with Gasteiger partial charge in [-0.25, -0.2) is 9.78 Å². The van der Waals surface area contributed by atoms with Crippen LogP contribution in [0.4, 0.5) is 0 Å². The molecule has 1 aromatic heterocycles. The second kappa shape index (κ2) is 9.87. The van der Waals surface area contributed by atoms with Gasteiger partial charge < -0.3 is 14.8 Å². The first-order valence-corrected chi connectivity index (χ1v) is 10.9. The smallest absolute Gasteiger partial charge is 0.342 e. The van der Waals surface area contributed by atoms with Crippen LogP contribution in [0.15, 0.2) is 29.6 Å². The number of benzene rings is 1. The van der Waals surface area contributed by atoms with Crippen LogP contribution in [-0.4, -0.2) is 29.5 Å². The molecule has 1 amide bonds. The topological polar surface area (TPSA) is 77.5 Å². The van der Waals surface area contributed by atoms with Gasteiger partial charge in [0.15, 0.2) is 6.61 Å². The van der Waals surface area contributed by atoms with Gasteiger partial charge in [-0.3, -0.25) is 4.79 Å². The number of hydrogen-bond donors (Lipinski definition) is 1. The number of para-hydroxylation sites is 1. The van der Waals surface area contributed by atoms with E-state index in [4.69, 9.17) is 9.47 Å². The number of hydrogen-bond acceptors (Lipinski definition) is 6. The van der Waals surface area contributed by atoms with Crippen molar-refractivity contribution in [2.45, 2.75) is 52.7 Å². The molecule has 0 bridgehead atoms. The summed E-state index contributed by atoms with van der Waals surface area (Å²) in [5, 5.41) is 5.90. The molecule has 29 heavy (non-hydrogen) atoms. The van der Waals surface area contributed by atoms with Gasteiger partial charge in [-0.2, -0.15) is 0 Å². The second-order valence-electron chi connectivity index (χ2n) is 7.66. The summed E-state index contributed by atoms with van der Waals surface area (Å²) in [4.78, 5) is 29.1. The van der Waals surface area contributed by atoms with Gasteiger partial charge in [-0.1, -0.05) is 38.8 Å². The van der Waals surface area contributed by atoms with Gasteiger partial charge in [0.2, 0.25) is 0 Å². The second-order valence-corrected chi connectivity index (χ2v) is 8.72. The molecule has 0 spiro atoms. The van der Waals surface area contributed by atoms with Gasteiger partial charge in [0.1, 0.15) is 17.9 Å². The summed E-state index contributed by atoms with van der Waals surface area (Å²) < 4.78 is 11.0. The highest BCUT2D eigenvalue weighted by atomic mass is 32.1. The minimum Gasteiger partial charge on any atom is -0.486 e. The summed E-state index contributed by atoms with van der Waals surface area (Å²) in [5.74, 6) is 0.586. The molecule has 3 atom stereocenters. The molecule has 0 radical (unpaired) electrons. The maximum atomic E-state index is 12.5. The van der Waals surface area contributed by atoms with E-state index in [1.165, 1.54) is 6.42 Å². The van der Waals surface area contributed by atoms with Crippen LogP contribution in [0.25, 0.3) is 0 Å². The lowest BCUT2D eigenvalue weighted by molar-refractivity contribution is -0.125. The third-order valence-electron chi connectivity index (χ3n) is 5.54. The summed E-state index contributed by atoms with van der Waals surface area (Å²) in [6.07, 6.45) is 3.28. The molecule has 1 aliphatic rings. The Kier molecular flexibility index (Phi) is 7.25. The Labute approximate surface area is 175 Å². The van der Waals surface area contributed by atoms with Crippen LogP contribution >= 0.6 is 11.3 Å². The lowest BCUT2D eigenvalue weighted by Crippen LogP contribution is -2.45. The number of nitrogens with one attached hydrogen (secondary N) is 1. The first kappa shape index (κ1) is 21.3. The predicted molar refractivity (Wildman–Crippen MR) is 112 cm³/mol. The third kappa shape index (κ3) is 5.79. The lowest BCUT2D eigenvalue weighted by Gasteiger charge is -2.34. The number of esters is 1. The Bertz CT molecular complexity index is 851. The summed E-state index contributed by atoms with van der Waals surface area (Å²) in [7, 11) is 0. The number of aryl methyl sites for hydroxylation is 1. The van der Waals surface area contributed by atoms with Crippen molar-refractivity contribution in [1.82, 2.24) is 10.3 Å². The van der Waals surface area contributed by atoms with E-state index in [-0.39, 0.29) is 25.2 Å². The average Bonchev–Trinajstić information content (AvgIpc) is 3.13. The zero-order valence-electron chi connectivity index (χ0n) is 17.1. The molecule has 0 unspecified atom stereocenters. The molecule has 1 aromatic carbocycles. The van der Waals surface area contributed by atoms with E-state index in [9.17, 15) is 9.59 Å². The highest BCUT2D eigenvalue weighted by molar-refractivity contribution is 7.09. The predicted octanol–water partition coefficient (Wildman–Crippen LogP) is 4.13. The lowest BCUT2D eigenvalue weighted by atomic mass is 9.78. The van der Waals surface area contributed by atoms with Crippen molar-refractivity contribution in [2.75, 3.05) is 6.61 Å². The number of carbonyl (C=O) groups is 2. The zero-order chi connectivity index (χ0) is 20.8. The molecule has 0 saturated heterocycles. The number of amides is 1. The maximum Gasteiger partial charge on any atom is 0.342 e. The van der Waals surface area contributed by atoms with Gasteiger partial charge >= 0.3 is 5.97 Å². The van der Waals surface area contributed by atoms with E-state index >= 15 is 0 Å². The molecule has 1 saturated carbocycles. The Morgan fingerprint density at radius 1 is 1.24 bits per heavy atom. The van der Waals surface area contributed by atoms with Crippen LogP contribution < -0.4 is 10.1 Å². The van der Waals surface area contributed by atoms with Crippen LogP contribution in [-0.2, 0) is 16.1 Å². The van der Waals surface area contributed by atoms with E-state index < -0.39 is 5.97 Å². The van der Waals surface area contributed by atoms with Gasteiger partial charge in [-0.05, 0) is 37.3 Å². The van der Waals surface area contributed by atoms with Crippen molar-refractivity contribution in [3.8, 4) is 5.75 Å². The Balaban J connectivity index is 1.53. The number of carbonyl (C=O) groups excluding carboxylic acids is 2. The molecule has 1 heterocycles. The standard InChI is InChI=1S/C22H28N2O4S/c1-14-7-6-9-19(15(14)2)24-21(25)12-28-22(26)18-8-4-5-10-20(18)27-11-17-13-29-16(3)23-17/h4-5,8,10,13-15,19H,6-7,9,11-12H2,1-3H3,(H,24,25)/t14-,15-,19+/m0/s1. The summed E-state index contributed by atoms with van der Waals surface area (Å²) in [6, 6.07) is 7.01. The molecule has 156 valence electrons. The number of aromatic nitrogens is 1. The number of ether oxygens (including phenoxy) is 2. The van der Waals surface area contributed by atoms with E-state index in [0.29, 0.717) is 23.1 Å². The molecule has 2 aromatic rings. The number of rotatable bonds is 7. The molecule has 7 heteroatoms. The van der Waals surface area contributed by atoms with Crippen LogP contribution in [0.3, 0.4) is 0 Å². The fourth-order valence-electron chi connectivity index (χ4n) is 3.63. The van der Waals surface area contributed by atoms with Crippen molar-refractivity contribution < 1.29 is 19.1 Å². The monoisotopic (exact) mass is 416 g/mol. The largest absolute Gasteiger partial charge is 0.486 e. The van der Waals surface area contributed by atoms with Crippen LogP contribution in [0.1, 0.15) is 54.2 Å². The Morgan fingerprint density at radius 2 is 2.03 bits per heavy atom. The average molecular weight is 417 g/mol. The van der Waals surface area contributed by atoms with Gasteiger partial charge in [0.05, 0.1) is 10.7 Å². The van der Waals surface area contributed by atoms with Crippen molar-refractivity contribution in [2.24, 2.45) is 11.8 Å². The van der Waals surface area contributed by atoms with E-state index in [1.807, 2.05) is 12.3 Å². The first-order valence-electron chi connectivity index (χ1n) is 10.0. The van der Waals surface area contributed by atoms with E-state index in [1.54, 1.807) is 35.6 Å². The Morgan fingerprint density at radius 3 is 2.79 bits per heavy atom. The molecule has 0 aliphatic heterocycles. The molecule has 3 rings (SSSR count). The zero-order valence-corrected chi connectivity index (χ0v) is 18.0. The first-order chi connectivity index (χ1) is 13.9. The SMILES string of the molecule is Cc1nc(COc2ccccc2C(=O)OCC(=O)N[C@@H]2CCC[C@H](C)[C@@H]2C)cs1. The highest BCUT2D eigenvalue weighted by Crippen LogP contribution is 2.29. The van der Waals surface area contributed by atoms with Crippen molar-refractivity contribution in [3.05, 3.63) is 45.9 Å². The molecular formula is C22H28N2O4S. The third-order valence-corrected chi connectivity index (χ3v) is 6.36. The van der Waals surface area contributed by atoms with Gasteiger partial charge in [0.25, 0.3) is 5.91 Å². The molecular weight excluding hydrogens is 388 g/mol. The Hall–Kier alpha value is -2.41. The fraction of sp³-hybridized carbons (Fsp3) is 0.500. The van der Waals surface area contributed by atoms with Gasteiger partial charge in [0, 0.05) is 11.4 Å². The van der Waals surface area contributed by atoms with E-state index in [2.05, 4.69) is 24.1 Å². The molecule has 6 nitrogen and oxygen atoms in total. The number of thiazole rings is 1. The minimum atomic E-state index is -0.574. The summed E-state index contributed by atoms with van der Waals surface area (Å²) >= 11 is 1.55. The minimum absolute atomic E-state index is 0.141. The molecule has 1 N–H and O–H groups in total. The van der Waals surface area contributed by atoms with Crippen LogP contribution in [0.5, 0.6) is 5.75 Å². The van der Waals surface area contributed by atoms with Crippen LogP contribution in [0.2, 0.25) is 0 Å². The van der Waals surface area contributed by atoms with Crippen molar-refractivity contribution in [1.29, 1.82) is 0 Å². The fourth-order valence-corrected chi connectivity index (χ4v) is 4.23. The normalized spacial score (nSPS) is 21.4. The highest BCUT2D eigenvalue weighted by Gasteiger charge is 2.28. The molecule has 1 fully saturated rings. The number of nitrogens with zero attached hydrogens (tertiary/aromatic N) is 1. The van der Waals surface area contributed by atoms with Crippen molar-refractivity contribution in [3.63, 3.8) is 0 Å². The quantitative estimate of drug-likeness (QED) is 0.687. The van der Waals surface area contributed by atoms with Crippen LogP contribution in [0, 0.1) is 18.8 Å². The maximum absolute atomic E-state index is 12.5. The van der Waals surface area contributed by atoms with E-state index in [0.717, 1.165) is 23.5 Å². The van der Waals surface area contributed by atoms with Gasteiger partial charge in [-0.15, -0.1) is 11.3 Å². The summed E-state index contributed by atoms with van der Waals surface area (Å²) in [5.41, 5.74) is 1.11. The van der Waals surface area contributed by atoms with Crippen molar-refractivity contribution >= 4 is 23.2 Å². The summed E-state index contributed by atoms with van der Waals surface area (Å²) in [6.45, 7) is 6.28.